The van der Waals surface area contributed by atoms with Gasteiger partial charge in [-0.05, 0) is 28.6 Å². The van der Waals surface area contributed by atoms with Gasteiger partial charge in [0.2, 0.25) is 0 Å². The van der Waals surface area contributed by atoms with E-state index in [4.69, 9.17) is 17.3 Å². The summed E-state index contributed by atoms with van der Waals surface area (Å²) in [5, 5.41) is 16.4. The van der Waals surface area contributed by atoms with Gasteiger partial charge in [-0.2, -0.15) is 9.78 Å². The molecule has 3 aromatic rings. The molecule has 0 radical (unpaired) electrons. The van der Waals surface area contributed by atoms with Crippen molar-refractivity contribution in [3.05, 3.63) is 35.5 Å². The maximum Gasteiger partial charge on any atom is 0.190 e. The first-order valence-corrected chi connectivity index (χ1v) is 5.87. The Morgan fingerprint density at radius 2 is 2.11 bits per heavy atom. The molecule has 0 saturated heterocycles. The average Bonchev–Trinajstić information content (AvgIpc) is 3.00. The molecular weight excluding hydrogens is 266 g/mol. The van der Waals surface area contributed by atoms with Gasteiger partial charge >= 0.3 is 0 Å². The Morgan fingerprint density at radius 1 is 1.26 bits per heavy atom. The van der Waals surface area contributed by atoms with E-state index in [-0.39, 0.29) is 0 Å². The number of aromatic nitrogens is 6. The van der Waals surface area contributed by atoms with Crippen LogP contribution in [0.2, 0.25) is 5.02 Å². The van der Waals surface area contributed by atoms with Crippen molar-refractivity contribution in [1.29, 1.82) is 0 Å². The molecule has 3 rings (SSSR count). The third-order valence-corrected chi connectivity index (χ3v) is 2.95. The molecule has 1 aromatic carbocycles. The zero-order chi connectivity index (χ0) is 13.4. The molecule has 0 spiro atoms. The van der Waals surface area contributed by atoms with Crippen molar-refractivity contribution in [2.75, 3.05) is 5.73 Å². The van der Waals surface area contributed by atoms with Crippen LogP contribution in [0, 0.1) is 0 Å². The molecule has 0 aliphatic carbocycles. The fraction of sp³-hybridized carbons (Fsp3) is 0.0909. The van der Waals surface area contributed by atoms with Gasteiger partial charge in [0.05, 0.1) is 5.02 Å². The summed E-state index contributed by atoms with van der Waals surface area (Å²) in [4.78, 5) is 0. The number of rotatable bonds is 2. The van der Waals surface area contributed by atoms with E-state index in [1.807, 2.05) is 13.2 Å². The second-order valence-corrected chi connectivity index (χ2v) is 4.41. The second kappa shape index (κ2) is 4.36. The lowest BCUT2D eigenvalue weighted by atomic mass is 10.2. The fourth-order valence-corrected chi connectivity index (χ4v) is 1.94. The van der Waals surface area contributed by atoms with Crippen molar-refractivity contribution in [3.63, 3.8) is 0 Å². The molecule has 2 aromatic heterocycles. The van der Waals surface area contributed by atoms with Crippen molar-refractivity contribution < 1.29 is 0 Å². The monoisotopic (exact) mass is 275 g/mol. The standard InChI is InChI=1S/C11H10ClN7/c1-18-5-4-10(15-18)19-11(14-16-17-19)8-6-7(13)2-3-9(8)12/h2-6H,13H2,1H3. The summed E-state index contributed by atoms with van der Waals surface area (Å²) < 4.78 is 3.18. The SMILES string of the molecule is Cn1ccc(-n2nnnc2-c2cc(N)ccc2Cl)n1. The van der Waals surface area contributed by atoms with E-state index in [1.165, 1.54) is 4.68 Å². The van der Waals surface area contributed by atoms with E-state index in [1.54, 1.807) is 28.9 Å². The van der Waals surface area contributed by atoms with Crippen LogP contribution in [0.4, 0.5) is 5.69 Å². The van der Waals surface area contributed by atoms with Crippen LogP contribution in [0.5, 0.6) is 0 Å². The molecule has 2 heterocycles. The molecule has 0 aliphatic heterocycles. The lowest BCUT2D eigenvalue weighted by Gasteiger charge is -2.04. The molecule has 19 heavy (non-hydrogen) atoms. The summed E-state index contributed by atoms with van der Waals surface area (Å²) in [5.74, 6) is 1.11. The number of benzene rings is 1. The molecule has 0 atom stereocenters. The summed E-state index contributed by atoms with van der Waals surface area (Å²) in [6, 6.07) is 6.97. The third-order valence-electron chi connectivity index (χ3n) is 2.62. The molecule has 0 fully saturated rings. The van der Waals surface area contributed by atoms with E-state index < -0.39 is 0 Å². The van der Waals surface area contributed by atoms with Gasteiger partial charge in [0, 0.05) is 30.6 Å². The Morgan fingerprint density at radius 3 is 2.84 bits per heavy atom. The first-order valence-electron chi connectivity index (χ1n) is 5.49. The van der Waals surface area contributed by atoms with E-state index in [0.717, 1.165) is 0 Å². The maximum atomic E-state index is 6.16. The van der Waals surface area contributed by atoms with E-state index in [0.29, 0.717) is 27.9 Å². The first kappa shape index (κ1) is 11.7. The minimum absolute atomic E-state index is 0.496. The van der Waals surface area contributed by atoms with Crippen LogP contribution in [0.25, 0.3) is 17.2 Å². The maximum absolute atomic E-state index is 6.16. The Bertz CT molecular complexity index is 730. The number of nitrogen functional groups attached to an aromatic ring is 1. The predicted octanol–water partition coefficient (Wildman–Crippen LogP) is 1.30. The molecule has 8 heteroatoms. The van der Waals surface area contributed by atoms with Crippen LogP contribution in [0.15, 0.2) is 30.5 Å². The zero-order valence-corrected chi connectivity index (χ0v) is 10.8. The van der Waals surface area contributed by atoms with E-state index in [9.17, 15) is 0 Å². The van der Waals surface area contributed by atoms with Gasteiger partial charge in [0.25, 0.3) is 0 Å². The summed E-state index contributed by atoms with van der Waals surface area (Å²) in [6.07, 6.45) is 1.81. The van der Waals surface area contributed by atoms with E-state index >= 15 is 0 Å². The number of hydrogen-bond donors (Lipinski definition) is 1. The van der Waals surface area contributed by atoms with E-state index in [2.05, 4.69) is 20.6 Å². The summed E-state index contributed by atoms with van der Waals surface area (Å²) in [5.41, 5.74) is 7.03. The summed E-state index contributed by atoms with van der Waals surface area (Å²) >= 11 is 6.16. The van der Waals surface area contributed by atoms with Gasteiger partial charge < -0.3 is 5.73 Å². The number of halogens is 1. The highest BCUT2D eigenvalue weighted by Crippen LogP contribution is 2.28. The molecule has 0 unspecified atom stereocenters. The predicted molar refractivity (Wildman–Crippen MR) is 70.8 cm³/mol. The molecule has 2 N–H and O–H groups in total. The van der Waals surface area contributed by atoms with Gasteiger partial charge in [-0.25, -0.2) is 0 Å². The number of nitrogens with zero attached hydrogens (tertiary/aromatic N) is 6. The number of aryl methyl sites for hydroxylation is 1. The molecular formula is C11H10ClN7. The van der Waals surface area contributed by atoms with Crippen molar-refractivity contribution in [3.8, 4) is 17.2 Å². The number of nitrogens with two attached hydrogens (primary N) is 1. The normalized spacial score (nSPS) is 10.8. The molecule has 7 nitrogen and oxygen atoms in total. The lowest BCUT2D eigenvalue weighted by molar-refractivity contribution is 0.715. The second-order valence-electron chi connectivity index (χ2n) is 4.00. The highest BCUT2D eigenvalue weighted by atomic mass is 35.5. The number of anilines is 1. The van der Waals surface area contributed by atoms with Gasteiger partial charge in [0.15, 0.2) is 11.6 Å². The third kappa shape index (κ3) is 2.04. The highest BCUT2D eigenvalue weighted by Gasteiger charge is 2.15. The minimum atomic E-state index is 0.496. The zero-order valence-electron chi connectivity index (χ0n) is 10.0. The molecule has 0 saturated carbocycles. The lowest BCUT2D eigenvalue weighted by Crippen LogP contribution is -2.02. The van der Waals surface area contributed by atoms with Gasteiger partial charge in [-0.1, -0.05) is 11.6 Å². The highest BCUT2D eigenvalue weighted by molar-refractivity contribution is 6.33. The van der Waals surface area contributed by atoms with Crippen LogP contribution in [-0.2, 0) is 7.05 Å². The number of hydrogen-bond acceptors (Lipinski definition) is 5. The molecule has 0 bridgehead atoms. The smallest absolute Gasteiger partial charge is 0.190 e. The van der Waals surface area contributed by atoms with Crippen LogP contribution in [0.3, 0.4) is 0 Å². The van der Waals surface area contributed by atoms with Crippen LogP contribution in [0.1, 0.15) is 0 Å². The summed E-state index contributed by atoms with van der Waals surface area (Å²) in [7, 11) is 1.82. The quantitative estimate of drug-likeness (QED) is 0.712. The Balaban J connectivity index is 2.17. The number of tetrazole rings is 1. The molecule has 0 aliphatic rings. The summed E-state index contributed by atoms with van der Waals surface area (Å²) in [6.45, 7) is 0. The van der Waals surface area contributed by atoms with Crippen LogP contribution >= 0.6 is 11.6 Å². The van der Waals surface area contributed by atoms with Gasteiger partial charge in [-0.3, -0.25) is 4.68 Å². The first-order chi connectivity index (χ1) is 9.15. The Labute approximate surface area is 113 Å². The van der Waals surface area contributed by atoms with Crippen LogP contribution < -0.4 is 5.73 Å². The van der Waals surface area contributed by atoms with Crippen molar-refractivity contribution in [2.24, 2.45) is 7.05 Å². The van der Waals surface area contributed by atoms with Crippen molar-refractivity contribution >= 4 is 17.3 Å². The minimum Gasteiger partial charge on any atom is -0.399 e. The average molecular weight is 276 g/mol. The van der Waals surface area contributed by atoms with Crippen LogP contribution in [-0.4, -0.2) is 30.0 Å². The molecule has 0 amide bonds. The largest absolute Gasteiger partial charge is 0.399 e. The molecule has 96 valence electrons. The van der Waals surface area contributed by atoms with Gasteiger partial charge in [0.1, 0.15) is 0 Å². The fourth-order valence-electron chi connectivity index (χ4n) is 1.74. The Hall–Kier alpha value is -2.41. The topological polar surface area (TPSA) is 87.4 Å². The van der Waals surface area contributed by atoms with Gasteiger partial charge in [-0.15, -0.1) is 5.10 Å². The Kier molecular flexibility index (Phi) is 2.68. The van der Waals surface area contributed by atoms with Crippen molar-refractivity contribution in [1.82, 2.24) is 30.0 Å². The van der Waals surface area contributed by atoms with Crippen molar-refractivity contribution in [2.45, 2.75) is 0 Å².